The lowest BCUT2D eigenvalue weighted by molar-refractivity contribution is 0.520. The van der Waals surface area contributed by atoms with Gasteiger partial charge in [0.05, 0.1) is 4.90 Å². The van der Waals surface area contributed by atoms with Crippen molar-refractivity contribution in [3.8, 4) is 0 Å². The van der Waals surface area contributed by atoms with Crippen LogP contribution in [0.15, 0.2) is 34.2 Å². The maximum Gasteiger partial charge on any atom is 0.242 e. The molecule has 1 unspecified atom stereocenters. The highest BCUT2D eigenvalue weighted by Gasteiger charge is 2.29. The highest BCUT2D eigenvalue weighted by molar-refractivity contribution is 14.0. The van der Waals surface area contributed by atoms with Crippen LogP contribution in [-0.2, 0) is 16.6 Å². The molecule has 148 valence electrons. The first-order chi connectivity index (χ1) is 11.8. The zero-order valence-electron chi connectivity index (χ0n) is 15.8. The van der Waals surface area contributed by atoms with Gasteiger partial charge in [-0.05, 0) is 43.2 Å². The van der Waals surface area contributed by atoms with Crippen LogP contribution in [0.4, 0.5) is 0 Å². The van der Waals surface area contributed by atoms with E-state index in [1.165, 1.54) is 37.0 Å². The molecule has 1 fully saturated rings. The number of hydrogen-bond donors (Lipinski definition) is 2. The largest absolute Gasteiger partial charge is 0.355 e. The molecule has 1 saturated heterocycles. The van der Waals surface area contributed by atoms with Gasteiger partial charge in [0.1, 0.15) is 0 Å². The number of nitrogens with zero attached hydrogens (tertiary/aromatic N) is 2. The van der Waals surface area contributed by atoms with Gasteiger partial charge in [0.2, 0.25) is 10.0 Å². The molecule has 6 nitrogen and oxygen atoms in total. The first kappa shape index (κ1) is 23.5. The van der Waals surface area contributed by atoms with E-state index < -0.39 is 10.0 Å². The number of hydrogen-bond acceptors (Lipinski definition) is 4. The van der Waals surface area contributed by atoms with Crippen molar-refractivity contribution < 1.29 is 8.42 Å². The third-order valence-corrected chi connectivity index (χ3v) is 7.68. The molecule has 0 aliphatic carbocycles. The van der Waals surface area contributed by atoms with Crippen molar-refractivity contribution in [3.63, 3.8) is 0 Å². The SMILES string of the molecule is CN=C(NCc1ccc(S(=O)(=O)N(C)C)cc1)NCC1(C)CCCS1.I. The Hall–Kier alpha value is -0.520. The summed E-state index contributed by atoms with van der Waals surface area (Å²) < 4.78 is 25.6. The number of halogens is 1. The molecule has 1 aromatic carbocycles. The minimum absolute atomic E-state index is 0. The molecular weight excluding hydrogens is 483 g/mol. The summed E-state index contributed by atoms with van der Waals surface area (Å²) in [6, 6.07) is 6.92. The number of benzene rings is 1. The summed E-state index contributed by atoms with van der Waals surface area (Å²) in [6.07, 6.45) is 2.50. The normalized spacial score (nSPS) is 20.7. The third kappa shape index (κ3) is 6.28. The summed E-state index contributed by atoms with van der Waals surface area (Å²) in [4.78, 5) is 4.56. The number of thioether (sulfide) groups is 1. The predicted octanol–water partition coefficient (Wildman–Crippen LogP) is 2.51. The quantitative estimate of drug-likeness (QED) is 0.348. The van der Waals surface area contributed by atoms with Crippen LogP contribution in [0.2, 0.25) is 0 Å². The molecule has 1 atom stereocenters. The Morgan fingerprint density at radius 1 is 1.27 bits per heavy atom. The molecule has 2 N–H and O–H groups in total. The van der Waals surface area contributed by atoms with E-state index in [-0.39, 0.29) is 28.7 Å². The second-order valence-electron chi connectivity index (χ2n) is 6.61. The Bertz CT molecular complexity index is 700. The van der Waals surface area contributed by atoms with Crippen LogP contribution in [0.1, 0.15) is 25.3 Å². The van der Waals surface area contributed by atoms with E-state index >= 15 is 0 Å². The summed E-state index contributed by atoms with van der Waals surface area (Å²) >= 11 is 2.01. The molecule has 0 bridgehead atoms. The van der Waals surface area contributed by atoms with Gasteiger partial charge in [-0.1, -0.05) is 12.1 Å². The van der Waals surface area contributed by atoms with Crippen molar-refractivity contribution in [1.29, 1.82) is 0 Å². The number of nitrogens with one attached hydrogen (secondary N) is 2. The lowest BCUT2D eigenvalue weighted by atomic mass is 10.1. The van der Waals surface area contributed by atoms with Gasteiger partial charge >= 0.3 is 0 Å². The van der Waals surface area contributed by atoms with Gasteiger partial charge in [-0.15, -0.1) is 24.0 Å². The zero-order valence-corrected chi connectivity index (χ0v) is 19.7. The Morgan fingerprint density at radius 3 is 2.42 bits per heavy atom. The van der Waals surface area contributed by atoms with Crippen molar-refractivity contribution in [2.24, 2.45) is 4.99 Å². The predicted molar refractivity (Wildman–Crippen MR) is 121 cm³/mol. The monoisotopic (exact) mass is 512 g/mol. The summed E-state index contributed by atoms with van der Waals surface area (Å²) in [7, 11) is 1.44. The van der Waals surface area contributed by atoms with E-state index in [4.69, 9.17) is 0 Å². The second kappa shape index (κ2) is 10.1. The fourth-order valence-electron chi connectivity index (χ4n) is 2.64. The zero-order chi connectivity index (χ0) is 18.5. The van der Waals surface area contributed by atoms with Crippen molar-refractivity contribution in [1.82, 2.24) is 14.9 Å². The van der Waals surface area contributed by atoms with E-state index in [1.807, 2.05) is 23.9 Å². The van der Waals surface area contributed by atoms with Gasteiger partial charge in [0, 0.05) is 39.0 Å². The number of rotatable bonds is 6. The van der Waals surface area contributed by atoms with Gasteiger partial charge in [0.15, 0.2) is 5.96 Å². The first-order valence-electron chi connectivity index (χ1n) is 8.37. The van der Waals surface area contributed by atoms with Gasteiger partial charge in [-0.25, -0.2) is 12.7 Å². The molecule has 0 radical (unpaired) electrons. The van der Waals surface area contributed by atoms with Crippen LogP contribution in [0, 0.1) is 0 Å². The van der Waals surface area contributed by atoms with Crippen LogP contribution in [0.3, 0.4) is 0 Å². The molecular formula is C17H29IN4O2S2. The third-order valence-electron chi connectivity index (χ3n) is 4.32. The van der Waals surface area contributed by atoms with E-state index in [2.05, 4.69) is 22.5 Å². The fraction of sp³-hybridized carbons (Fsp3) is 0.588. The first-order valence-corrected chi connectivity index (χ1v) is 10.8. The van der Waals surface area contributed by atoms with Gasteiger partial charge in [-0.3, -0.25) is 4.99 Å². The van der Waals surface area contributed by atoms with E-state index in [1.54, 1.807) is 19.2 Å². The topological polar surface area (TPSA) is 73.8 Å². The smallest absolute Gasteiger partial charge is 0.242 e. The molecule has 0 aromatic heterocycles. The molecule has 2 rings (SSSR count). The second-order valence-corrected chi connectivity index (χ2v) is 10.4. The maximum absolute atomic E-state index is 12.1. The molecule has 0 saturated carbocycles. The number of guanidine groups is 1. The summed E-state index contributed by atoms with van der Waals surface area (Å²) in [5.41, 5.74) is 1.00. The molecule has 1 aliphatic rings. The average Bonchev–Trinajstić information content (AvgIpc) is 3.02. The standard InChI is InChI=1S/C17H28N4O2S2.HI/c1-17(10-5-11-24-17)13-20-16(18-2)19-12-14-6-8-15(9-7-14)25(22,23)21(3)4;/h6-9H,5,10-13H2,1-4H3,(H2,18,19,20);1H. The molecule has 0 spiro atoms. The lowest BCUT2D eigenvalue weighted by Gasteiger charge is -2.24. The fourth-order valence-corrected chi connectivity index (χ4v) is 4.79. The summed E-state index contributed by atoms with van der Waals surface area (Å²) in [5.74, 6) is 1.99. The van der Waals surface area contributed by atoms with Crippen LogP contribution in [-0.4, -0.2) is 56.9 Å². The van der Waals surface area contributed by atoms with Crippen molar-refractivity contribution >= 4 is 51.7 Å². The Labute approximate surface area is 178 Å². The molecule has 1 aromatic rings. The summed E-state index contributed by atoms with van der Waals surface area (Å²) in [5, 5.41) is 6.67. The van der Waals surface area contributed by atoms with Gasteiger partial charge in [-0.2, -0.15) is 11.8 Å². The number of aliphatic imine (C=N–C) groups is 1. The van der Waals surface area contributed by atoms with Crippen LogP contribution in [0.5, 0.6) is 0 Å². The van der Waals surface area contributed by atoms with Crippen molar-refractivity contribution in [2.45, 2.75) is 36.0 Å². The van der Waals surface area contributed by atoms with E-state index in [0.717, 1.165) is 18.1 Å². The van der Waals surface area contributed by atoms with Gasteiger partial charge < -0.3 is 10.6 Å². The lowest BCUT2D eigenvalue weighted by Crippen LogP contribution is -2.43. The maximum atomic E-state index is 12.1. The molecule has 1 aliphatic heterocycles. The minimum Gasteiger partial charge on any atom is -0.355 e. The number of sulfonamides is 1. The summed E-state index contributed by atoms with van der Waals surface area (Å²) in [6.45, 7) is 3.76. The molecule has 26 heavy (non-hydrogen) atoms. The molecule has 1 heterocycles. The highest BCUT2D eigenvalue weighted by atomic mass is 127. The minimum atomic E-state index is -3.38. The van der Waals surface area contributed by atoms with Crippen molar-refractivity contribution in [3.05, 3.63) is 29.8 Å². The van der Waals surface area contributed by atoms with E-state index in [9.17, 15) is 8.42 Å². The molecule has 0 amide bonds. The highest BCUT2D eigenvalue weighted by Crippen LogP contribution is 2.36. The van der Waals surface area contributed by atoms with Crippen LogP contribution in [0.25, 0.3) is 0 Å². The van der Waals surface area contributed by atoms with Crippen LogP contribution < -0.4 is 10.6 Å². The van der Waals surface area contributed by atoms with Crippen molar-refractivity contribution in [2.75, 3.05) is 33.4 Å². The molecule has 9 heteroatoms. The van der Waals surface area contributed by atoms with Crippen LogP contribution >= 0.6 is 35.7 Å². The van der Waals surface area contributed by atoms with E-state index in [0.29, 0.717) is 11.4 Å². The average molecular weight is 512 g/mol. The Morgan fingerprint density at radius 2 is 1.92 bits per heavy atom. The Kier molecular flexibility index (Phi) is 9.17. The Balaban J connectivity index is 0.00000338. The van der Waals surface area contributed by atoms with Gasteiger partial charge in [0.25, 0.3) is 0 Å².